The first-order valence-corrected chi connectivity index (χ1v) is 6.13. The van der Waals surface area contributed by atoms with Gasteiger partial charge in [-0.2, -0.15) is 0 Å². The second-order valence-corrected chi connectivity index (χ2v) is 4.26. The normalized spacial score (nSPS) is 10.5. The van der Waals surface area contributed by atoms with E-state index in [0.29, 0.717) is 23.6 Å². The summed E-state index contributed by atoms with van der Waals surface area (Å²) in [6.45, 7) is 4.02. The fourth-order valence-electron chi connectivity index (χ4n) is 2.17. The van der Waals surface area contributed by atoms with Gasteiger partial charge < -0.3 is 15.2 Å². The SMILES string of the molecule is CCOC(=O)c1ccc2ccc(C)c(OC)c2c1N. The quantitative estimate of drug-likeness (QED) is 0.680. The Morgan fingerprint density at radius 1 is 1.26 bits per heavy atom. The van der Waals surface area contributed by atoms with Gasteiger partial charge in [-0.15, -0.1) is 0 Å². The molecule has 0 bridgehead atoms. The molecule has 0 aromatic heterocycles. The van der Waals surface area contributed by atoms with Crippen molar-refractivity contribution in [3.63, 3.8) is 0 Å². The molecule has 0 fully saturated rings. The van der Waals surface area contributed by atoms with Crippen LogP contribution in [0.1, 0.15) is 22.8 Å². The van der Waals surface area contributed by atoms with Crippen LogP contribution in [0.15, 0.2) is 24.3 Å². The van der Waals surface area contributed by atoms with Gasteiger partial charge in [-0.1, -0.05) is 18.2 Å². The van der Waals surface area contributed by atoms with Crippen LogP contribution in [0.4, 0.5) is 5.69 Å². The van der Waals surface area contributed by atoms with Crippen LogP contribution in [0.3, 0.4) is 0 Å². The first-order chi connectivity index (χ1) is 9.10. The second kappa shape index (κ2) is 5.18. The number of aryl methyl sites for hydroxylation is 1. The summed E-state index contributed by atoms with van der Waals surface area (Å²) in [6.07, 6.45) is 0. The molecule has 0 aliphatic heterocycles. The van der Waals surface area contributed by atoms with Gasteiger partial charge in [0.2, 0.25) is 0 Å². The van der Waals surface area contributed by atoms with E-state index in [1.165, 1.54) is 0 Å². The molecule has 2 aromatic carbocycles. The molecular weight excluding hydrogens is 242 g/mol. The second-order valence-electron chi connectivity index (χ2n) is 4.26. The minimum atomic E-state index is -0.412. The Labute approximate surface area is 112 Å². The number of methoxy groups -OCH3 is 1. The van der Waals surface area contributed by atoms with E-state index in [9.17, 15) is 4.79 Å². The summed E-state index contributed by atoms with van der Waals surface area (Å²) in [5.41, 5.74) is 7.86. The lowest BCUT2D eigenvalue weighted by atomic mass is 10.0. The average molecular weight is 259 g/mol. The Hall–Kier alpha value is -2.23. The summed E-state index contributed by atoms with van der Waals surface area (Å²) >= 11 is 0. The summed E-state index contributed by atoms with van der Waals surface area (Å²) in [7, 11) is 1.60. The van der Waals surface area contributed by atoms with Crippen LogP contribution in [0.5, 0.6) is 5.75 Å². The lowest BCUT2D eigenvalue weighted by molar-refractivity contribution is 0.0528. The van der Waals surface area contributed by atoms with E-state index in [2.05, 4.69) is 0 Å². The summed E-state index contributed by atoms with van der Waals surface area (Å²) in [4.78, 5) is 11.9. The molecule has 2 N–H and O–H groups in total. The Morgan fingerprint density at radius 2 is 1.95 bits per heavy atom. The van der Waals surface area contributed by atoms with E-state index < -0.39 is 5.97 Å². The van der Waals surface area contributed by atoms with Gasteiger partial charge in [-0.05, 0) is 30.9 Å². The first kappa shape index (κ1) is 13.2. The molecule has 2 aromatic rings. The standard InChI is InChI=1S/C15H17NO3/c1-4-19-15(17)11-8-7-10-6-5-9(2)14(18-3)12(10)13(11)16/h5-8H,4,16H2,1-3H3. The molecule has 19 heavy (non-hydrogen) atoms. The van der Waals surface area contributed by atoms with E-state index in [0.717, 1.165) is 16.3 Å². The number of esters is 1. The highest BCUT2D eigenvalue weighted by molar-refractivity contribution is 6.08. The zero-order valence-corrected chi connectivity index (χ0v) is 11.3. The van der Waals surface area contributed by atoms with Gasteiger partial charge in [0.1, 0.15) is 5.75 Å². The van der Waals surface area contributed by atoms with Crippen molar-refractivity contribution in [2.45, 2.75) is 13.8 Å². The van der Waals surface area contributed by atoms with E-state index in [4.69, 9.17) is 15.2 Å². The minimum Gasteiger partial charge on any atom is -0.496 e. The van der Waals surface area contributed by atoms with Crippen molar-refractivity contribution < 1.29 is 14.3 Å². The smallest absolute Gasteiger partial charge is 0.340 e. The zero-order chi connectivity index (χ0) is 14.0. The van der Waals surface area contributed by atoms with Crippen molar-refractivity contribution in [2.24, 2.45) is 0 Å². The number of nitrogen functional groups attached to an aromatic ring is 1. The largest absolute Gasteiger partial charge is 0.496 e. The van der Waals surface area contributed by atoms with Gasteiger partial charge in [0.25, 0.3) is 0 Å². The third-order valence-corrected chi connectivity index (χ3v) is 3.08. The molecule has 0 atom stereocenters. The number of hydrogen-bond acceptors (Lipinski definition) is 4. The van der Waals surface area contributed by atoms with E-state index in [1.807, 2.05) is 25.1 Å². The number of carbonyl (C=O) groups is 1. The number of benzene rings is 2. The first-order valence-electron chi connectivity index (χ1n) is 6.13. The van der Waals surface area contributed by atoms with Gasteiger partial charge >= 0.3 is 5.97 Å². The molecular formula is C15H17NO3. The number of ether oxygens (including phenoxy) is 2. The lowest BCUT2D eigenvalue weighted by Gasteiger charge is -2.13. The van der Waals surface area contributed by atoms with Gasteiger partial charge in [-0.25, -0.2) is 4.79 Å². The maximum absolute atomic E-state index is 11.9. The molecule has 0 amide bonds. The van der Waals surface area contributed by atoms with Crippen LogP contribution >= 0.6 is 0 Å². The van der Waals surface area contributed by atoms with Gasteiger partial charge in [0, 0.05) is 5.39 Å². The predicted octanol–water partition coefficient (Wildman–Crippen LogP) is 2.92. The molecule has 0 aliphatic rings. The van der Waals surface area contributed by atoms with Gasteiger partial charge in [0.15, 0.2) is 0 Å². The summed E-state index contributed by atoms with van der Waals surface area (Å²) < 4.78 is 10.4. The lowest BCUT2D eigenvalue weighted by Crippen LogP contribution is -2.08. The summed E-state index contributed by atoms with van der Waals surface area (Å²) in [6, 6.07) is 7.45. The predicted molar refractivity (Wildman–Crippen MR) is 75.6 cm³/mol. The van der Waals surface area contributed by atoms with Crippen LogP contribution in [-0.2, 0) is 4.74 Å². The number of rotatable bonds is 3. The van der Waals surface area contributed by atoms with Crippen molar-refractivity contribution >= 4 is 22.4 Å². The fourth-order valence-corrected chi connectivity index (χ4v) is 2.17. The fraction of sp³-hybridized carbons (Fsp3) is 0.267. The average Bonchev–Trinajstić information content (AvgIpc) is 2.39. The van der Waals surface area contributed by atoms with Crippen LogP contribution in [0.2, 0.25) is 0 Å². The monoisotopic (exact) mass is 259 g/mol. The Morgan fingerprint density at radius 3 is 2.58 bits per heavy atom. The summed E-state index contributed by atoms with van der Waals surface area (Å²) in [5, 5.41) is 1.70. The molecule has 4 nitrogen and oxygen atoms in total. The molecule has 0 radical (unpaired) electrons. The highest BCUT2D eigenvalue weighted by Crippen LogP contribution is 2.35. The number of anilines is 1. The number of hydrogen-bond donors (Lipinski definition) is 1. The Balaban J connectivity index is 2.72. The maximum atomic E-state index is 11.9. The number of carbonyl (C=O) groups excluding carboxylic acids is 1. The number of nitrogens with two attached hydrogens (primary N) is 1. The zero-order valence-electron chi connectivity index (χ0n) is 11.3. The third-order valence-electron chi connectivity index (χ3n) is 3.08. The molecule has 0 unspecified atom stereocenters. The maximum Gasteiger partial charge on any atom is 0.340 e. The topological polar surface area (TPSA) is 61.5 Å². The molecule has 100 valence electrons. The van der Waals surface area contributed by atoms with E-state index in [-0.39, 0.29) is 0 Å². The highest BCUT2D eigenvalue weighted by atomic mass is 16.5. The number of fused-ring (bicyclic) bond motifs is 1. The van der Waals surface area contributed by atoms with Crippen molar-refractivity contribution in [1.82, 2.24) is 0 Å². The molecule has 0 heterocycles. The molecule has 0 aliphatic carbocycles. The van der Waals surface area contributed by atoms with Crippen molar-refractivity contribution in [1.29, 1.82) is 0 Å². The van der Waals surface area contributed by atoms with Crippen LogP contribution in [0, 0.1) is 6.92 Å². The Kier molecular flexibility index (Phi) is 3.60. The molecule has 0 saturated heterocycles. The van der Waals surface area contributed by atoms with Crippen LogP contribution < -0.4 is 10.5 Å². The van der Waals surface area contributed by atoms with Crippen molar-refractivity contribution in [3.8, 4) is 5.75 Å². The molecule has 4 heteroatoms. The van der Waals surface area contributed by atoms with Crippen molar-refractivity contribution in [3.05, 3.63) is 35.4 Å². The molecule has 0 spiro atoms. The van der Waals surface area contributed by atoms with Crippen LogP contribution in [-0.4, -0.2) is 19.7 Å². The molecule has 2 rings (SSSR count). The van der Waals surface area contributed by atoms with Gasteiger partial charge in [0.05, 0.1) is 25.0 Å². The van der Waals surface area contributed by atoms with Crippen LogP contribution in [0.25, 0.3) is 10.8 Å². The minimum absolute atomic E-state index is 0.321. The summed E-state index contributed by atoms with van der Waals surface area (Å²) in [5.74, 6) is 0.284. The van der Waals surface area contributed by atoms with E-state index in [1.54, 1.807) is 20.1 Å². The third kappa shape index (κ3) is 2.21. The van der Waals surface area contributed by atoms with Crippen molar-refractivity contribution in [2.75, 3.05) is 19.5 Å². The van der Waals surface area contributed by atoms with Gasteiger partial charge in [-0.3, -0.25) is 0 Å². The van der Waals surface area contributed by atoms with E-state index >= 15 is 0 Å². The molecule has 0 saturated carbocycles. The Bertz CT molecular complexity index is 635. The highest BCUT2D eigenvalue weighted by Gasteiger charge is 2.16.